The molecule has 1 aromatic heterocycles. The predicted octanol–water partition coefficient (Wildman–Crippen LogP) is 3.33. The van der Waals surface area contributed by atoms with Gasteiger partial charge in [0.1, 0.15) is 5.25 Å². The van der Waals surface area contributed by atoms with Gasteiger partial charge in [0.2, 0.25) is 0 Å². The SMILES string of the molecule is CCC(SCc1ccc2ccccc2n1)C(=O)O. The highest BCUT2D eigenvalue weighted by molar-refractivity contribution is 7.99. The van der Waals surface area contributed by atoms with Crippen LogP contribution < -0.4 is 0 Å². The Labute approximate surface area is 110 Å². The van der Waals surface area contributed by atoms with Gasteiger partial charge in [0.15, 0.2) is 0 Å². The van der Waals surface area contributed by atoms with Gasteiger partial charge in [-0.05, 0) is 18.6 Å². The van der Waals surface area contributed by atoms with Crippen molar-refractivity contribution in [2.24, 2.45) is 0 Å². The average Bonchev–Trinajstić information content (AvgIpc) is 2.39. The third-order valence-corrected chi connectivity index (χ3v) is 4.13. The summed E-state index contributed by atoms with van der Waals surface area (Å²) in [6, 6.07) is 11.9. The second-order valence-electron chi connectivity index (χ2n) is 4.04. The van der Waals surface area contributed by atoms with E-state index < -0.39 is 5.97 Å². The van der Waals surface area contributed by atoms with E-state index in [-0.39, 0.29) is 5.25 Å². The quantitative estimate of drug-likeness (QED) is 0.897. The van der Waals surface area contributed by atoms with Gasteiger partial charge in [0.05, 0.1) is 11.2 Å². The van der Waals surface area contributed by atoms with E-state index in [1.54, 1.807) is 0 Å². The molecule has 0 aliphatic rings. The number of thioether (sulfide) groups is 1. The number of hydrogen-bond donors (Lipinski definition) is 1. The van der Waals surface area contributed by atoms with E-state index in [9.17, 15) is 4.79 Å². The largest absolute Gasteiger partial charge is 0.480 e. The van der Waals surface area contributed by atoms with E-state index in [2.05, 4.69) is 4.98 Å². The molecule has 3 nitrogen and oxygen atoms in total. The van der Waals surface area contributed by atoms with Crippen molar-refractivity contribution in [1.29, 1.82) is 0 Å². The minimum Gasteiger partial charge on any atom is -0.480 e. The van der Waals surface area contributed by atoms with Crippen molar-refractivity contribution in [1.82, 2.24) is 4.98 Å². The summed E-state index contributed by atoms with van der Waals surface area (Å²) >= 11 is 1.43. The summed E-state index contributed by atoms with van der Waals surface area (Å²) in [5, 5.41) is 9.74. The fourth-order valence-corrected chi connectivity index (χ4v) is 2.65. The molecular weight excluding hydrogens is 246 g/mol. The minimum atomic E-state index is -0.747. The molecule has 0 fully saturated rings. The Morgan fingerprint density at radius 2 is 2.11 bits per heavy atom. The molecule has 0 saturated carbocycles. The van der Waals surface area contributed by atoms with Crippen molar-refractivity contribution in [3.63, 3.8) is 0 Å². The molecule has 2 aromatic rings. The lowest BCUT2D eigenvalue weighted by Crippen LogP contribution is -2.15. The number of nitrogens with zero attached hydrogens (tertiary/aromatic N) is 1. The molecule has 4 heteroatoms. The molecule has 0 aliphatic heterocycles. The molecular formula is C14H15NO2S. The maximum absolute atomic E-state index is 10.9. The van der Waals surface area contributed by atoms with Gasteiger partial charge in [-0.2, -0.15) is 0 Å². The molecule has 1 heterocycles. The molecule has 0 bridgehead atoms. The number of carbonyl (C=O) groups is 1. The minimum absolute atomic E-state index is 0.349. The summed E-state index contributed by atoms with van der Waals surface area (Å²) < 4.78 is 0. The highest BCUT2D eigenvalue weighted by atomic mass is 32.2. The average molecular weight is 261 g/mol. The smallest absolute Gasteiger partial charge is 0.316 e. The van der Waals surface area contributed by atoms with Crippen LogP contribution in [0.1, 0.15) is 19.0 Å². The first kappa shape index (κ1) is 12.9. The number of rotatable bonds is 5. The van der Waals surface area contributed by atoms with Gasteiger partial charge < -0.3 is 5.11 Å². The summed E-state index contributed by atoms with van der Waals surface area (Å²) in [7, 11) is 0. The number of carboxylic acid groups (broad SMARTS) is 1. The first-order valence-corrected chi connectivity index (χ1v) is 6.94. The first-order valence-electron chi connectivity index (χ1n) is 5.89. The summed E-state index contributed by atoms with van der Waals surface area (Å²) in [5.74, 6) is -0.112. The third-order valence-electron chi connectivity index (χ3n) is 2.73. The van der Waals surface area contributed by atoms with Crippen LogP contribution in [0.3, 0.4) is 0 Å². The highest BCUT2D eigenvalue weighted by Gasteiger charge is 2.15. The Bertz CT molecular complexity index is 556. The molecule has 94 valence electrons. The molecule has 0 aliphatic carbocycles. The zero-order chi connectivity index (χ0) is 13.0. The molecule has 0 spiro atoms. The van der Waals surface area contributed by atoms with E-state index >= 15 is 0 Å². The molecule has 0 amide bonds. The molecule has 1 aromatic carbocycles. The number of carboxylic acids is 1. The highest BCUT2D eigenvalue weighted by Crippen LogP contribution is 2.21. The fourth-order valence-electron chi connectivity index (χ4n) is 1.74. The second-order valence-corrected chi connectivity index (χ2v) is 5.23. The van der Waals surface area contributed by atoms with Crippen LogP contribution >= 0.6 is 11.8 Å². The molecule has 1 N–H and O–H groups in total. The van der Waals surface area contributed by atoms with Gasteiger partial charge in [0, 0.05) is 11.1 Å². The van der Waals surface area contributed by atoms with Gasteiger partial charge in [-0.15, -0.1) is 11.8 Å². The number of para-hydroxylation sites is 1. The Hall–Kier alpha value is -1.55. The van der Waals surface area contributed by atoms with Crippen LogP contribution in [0.5, 0.6) is 0 Å². The summed E-state index contributed by atoms with van der Waals surface area (Å²) in [6.45, 7) is 1.89. The van der Waals surface area contributed by atoms with Crippen molar-refractivity contribution >= 4 is 28.6 Å². The Kier molecular flexibility index (Phi) is 4.20. The lowest BCUT2D eigenvalue weighted by Gasteiger charge is -2.09. The van der Waals surface area contributed by atoms with E-state index in [0.717, 1.165) is 16.6 Å². The Morgan fingerprint density at radius 1 is 1.33 bits per heavy atom. The molecule has 0 saturated heterocycles. The molecule has 1 unspecified atom stereocenters. The van der Waals surface area contributed by atoms with E-state index in [1.807, 2.05) is 43.3 Å². The van der Waals surface area contributed by atoms with Crippen molar-refractivity contribution in [3.8, 4) is 0 Å². The molecule has 2 rings (SSSR count). The van der Waals surface area contributed by atoms with Crippen LogP contribution in [0, 0.1) is 0 Å². The number of fused-ring (bicyclic) bond motifs is 1. The topological polar surface area (TPSA) is 50.2 Å². The zero-order valence-corrected chi connectivity index (χ0v) is 11.0. The van der Waals surface area contributed by atoms with Gasteiger partial charge in [-0.1, -0.05) is 31.2 Å². The number of pyridine rings is 1. The first-order chi connectivity index (χ1) is 8.70. The molecule has 0 radical (unpaired) electrons. The van der Waals surface area contributed by atoms with Crippen molar-refractivity contribution in [2.45, 2.75) is 24.3 Å². The predicted molar refractivity (Wildman–Crippen MR) is 74.8 cm³/mol. The Balaban J connectivity index is 2.10. The normalized spacial score (nSPS) is 12.5. The number of hydrogen-bond acceptors (Lipinski definition) is 3. The molecule has 1 atom stereocenters. The number of aliphatic carboxylic acids is 1. The van der Waals surface area contributed by atoms with Crippen LogP contribution in [-0.2, 0) is 10.5 Å². The lowest BCUT2D eigenvalue weighted by atomic mass is 10.2. The van der Waals surface area contributed by atoms with Crippen LogP contribution in [0.25, 0.3) is 10.9 Å². The monoisotopic (exact) mass is 261 g/mol. The summed E-state index contributed by atoms with van der Waals surface area (Å²) in [4.78, 5) is 15.4. The van der Waals surface area contributed by atoms with Crippen molar-refractivity contribution in [3.05, 3.63) is 42.1 Å². The fraction of sp³-hybridized carbons (Fsp3) is 0.286. The summed E-state index contributed by atoms with van der Waals surface area (Å²) in [5.41, 5.74) is 1.89. The summed E-state index contributed by atoms with van der Waals surface area (Å²) in [6.07, 6.45) is 0.633. The Morgan fingerprint density at radius 3 is 2.83 bits per heavy atom. The van der Waals surface area contributed by atoms with Crippen LogP contribution in [0.4, 0.5) is 0 Å². The third kappa shape index (κ3) is 3.01. The maximum Gasteiger partial charge on any atom is 0.316 e. The van der Waals surface area contributed by atoms with E-state index in [0.29, 0.717) is 12.2 Å². The number of aromatic nitrogens is 1. The van der Waals surface area contributed by atoms with Gasteiger partial charge >= 0.3 is 5.97 Å². The zero-order valence-electron chi connectivity index (χ0n) is 10.2. The van der Waals surface area contributed by atoms with E-state index in [1.165, 1.54) is 11.8 Å². The van der Waals surface area contributed by atoms with Crippen molar-refractivity contribution < 1.29 is 9.90 Å². The second kappa shape index (κ2) is 5.87. The molecule has 18 heavy (non-hydrogen) atoms. The van der Waals surface area contributed by atoms with Gasteiger partial charge in [-0.25, -0.2) is 0 Å². The maximum atomic E-state index is 10.9. The standard InChI is InChI=1S/C14H15NO2S/c1-2-13(14(16)17)18-9-11-8-7-10-5-3-4-6-12(10)15-11/h3-8,13H,2,9H2,1H3,(H,16,17). The van der Waals surface area contributed by atoms with Crippen LogP contribution in [0.2, 0.25) is 0 Å². The van der Waals surface area contributed by atoms with Gasteiger partial charge in [0.25, 0.3) is 0 Å². The van der Waals surface area contributed by atoms with E-state index in [4.69, 9.17) is 5.11 Å². The number of benzene rings is 1. The lowest BCUT2D eigenvalue weighted by molar-refractivity contribution is -0.136. The van der Waals surface area contributed by atoms with Crippen LogP contribution in [0.15, 0.2) is 36.4 Å². The van der Waals surface area contributed by atoms with Crippen molar-refractivity contribution in [2.75, 3.05) is 0 Å². The van der Waals surface area contributed by atoms with Gasteiger partial charge in [-0.3, -0.25) is 9.78 Å². The van der Waals surface area contributed by atoms with Crippen LogP contribution in [-0.4, -0.2) is 21.3 Å².